The smallest absolute Gasteiger partial charge is 0.226 e. The molecule has 1 aromatic carbocycles. The third-order valence-electron chi connectivity index (χ3n) is 3.47. The number of hydrogen-bond acceptors (Lipinski definition) is 2. The summed E-state index contributed by atoms with van der Waals surface area (Å²) in [5.74, 6) is 0.393. The maximum atomic E-state index is 12.2. The monoisotopic (exact) mass is 232 g/mol. The molecule has 3 heteroatoms. The maximum absolute atomic E-state index is 12.2. The summed E-state index contributed by atoms with van der Waals surface area (Å²) in [6, 6.07) is 8.35. The van der Waals surface area contributed by atoms with E-state index in [0.29, 0.717) is 6.54 Å². The van der Waals surface area contributed by atoms with Crippen molar-refractivity contribution < 1.29 is 4.79 Å². The Bertz CT molecular complexity index is 378. The minimum absolute atomic E-state index is 0.134. The van der Waals surface area contributed by atoms with Crippen molar-refractivity contribution in [2.75, 3.05) is 20.1 Å². The summed E-state index contributed by atoms with van der Waals surface area (Å²) in [6.07, 6.45) is 2.66. The van der Waals surface area contributed by atoms with Crippen molar-refractivity contribution in [1.29, 1.82) is 0 Å². The van der Waals surface area contributed by atoms with Crippen molar-refractivity contribution >= 4 is 5.91 Å². The molecule has 2 rings (SSSR count). The lowest BCUT2D eigenvalue weighted by Crippen LogP contribution is -2.34. The van der Waals surface area contributed by atoms with Gasteiger partial charge in [0.15, 0.2) is 0 Å². The van der Waals surface area contributed by atoms with Crippen LogP contribution in [0.4, 0.5) is 0 Å². The van der Waals surface area contributed by atoms with Crippen LogP contribution in [-0.2, 0) is 17.6 Å². The van der Waals surface area contributed by atoms with Crippen molar-refractivity contribution in [3.05, 3.63) is 35.4 Å². The molecular formula is C14H20N2O. The first-order valence-electron chi connectivity index (χ1n) is 6.24. The molecular weight excluding hydrogens is 212 g/mol. The highest BCUT2D eigenvalue weighted by Crippen LogP contribution is 2.27. The number of benzene rings is 1. The van der Waals surface area contributed by atoms with Gasteiger partial charge in [-0.3, -0.25) is 4.79 Å². The number of amides is 1. The van der Waals surface area contributed by atoms with Crippen molar-refractivity contribution in [2.24, 2.45) is 11.7 Å². The van der Waals surface area contributed by atoms with Gasteiger partial charge in [-0.1, -0.05) is 24.3 Å². The topological polar surface area (TPSA) is 46.3 Å². The second-order valence-electron chi connectivity index (χ2n) is 4.78. The molecule has 92 valence electrons. The van der Waals surface area contributed by atoms with E-state index in [1.807, 2.05) is 24.1 Å². The molecule has 1 aliphatic rings. The van der Waals surface area contributed by atoms with Gasteiger partial charge < -0.3 is 10.6 Å². The van der Waals surface area contributed by atoms with Crippen LogP contribution in [0.3, 0.4) is 0 Å². The molecule has 0 fully saturated rings. The Hall–Kier alpha value is -1.35. The molecule has 0 saturated carbocycles. The fraction of sp³-hybridized carbons (Fsp3) is 0.500. The highest BCUT2D eigenvalue weighted by molar-refractivity contribution is 5.80. The first-order valence-corrected chi connectivity index (χ1v) is 6.24. The van der Waals surface area contributed by atoms with Gasteiger partial charge in [-0.05, 0) is 36.9 Å². The predicted octanol–water partition coefficient (Wildman–Crippen LogP) is 1.21. The van der Waals surface area contributed by atoms with Gasteiger partial charge in [-0.25, -0.2) is 0 Å². The molecule has 0 heterocycles. The molecule has 1 aliphatic carbocycles. The van der Waals surface area contributed by atoms with E-state index in [2.05, 4.69) is 12.1 Å². The van der Waals surface area contributed by atoms with Crippen LogP contribution in [0.1, 0.15) is 17.5 Å². The average molecular weight is 232 g/mol. The largest absolute Gasteiger partial charge is 0.345 e. The Labute approximate surface area is 103 Å². The standard InChI is InChI=1S/C14H20N2O/c1-16(8-4-7-15)14(17)13-9-11-5-2-3-6-12(11)10-13/h2-3,5-6,13H,4,7-10,15H2,1H3. The molecule has 0 spiro atoms. The first kappa shape index (κ1) is 12.1. The molecule has 0 saturated heterocycles. The zero-order chi connectivity index (χ0) is 12.3. The van der Waals surface area contributed by atoms with Gasteiger partial charge in [0.05, 0.1) is 0 Å². The van der Waals surface area contributed by atoms with Crippen molar-refractivity contribution in [1.82, 2.24) is 4.90 Å². The zero-order valence-electron chi connectivity index (χ0n) is 10.4. The van der Waals surface area contributed by atoms with Gasteiger partial charge in [0.2, 0.25) is 5.91 Å². The Morgan fingerprint density at radius 2 is 1.94 bits per heavy atom. The highest BCUT2D eigenvalue weighted by Gasteiger charge is 2.28. The molecule has 17 heavy (non-hydrogen) atoms. The van der Waals surface area contributed by atoms with Gasteiger partial charge in [-0.2, -0.15) is 0 Å². The van der Waals surface area contributed by atoms with E-state index >= 15 is 0 Å². The minimum Gasteiger partial charge on any atom is -0.345 e. The number of rotatable bonds is 4. The van der Waals surface area contributed by atoms with Crippen molar-refractivity contribution in [2.45, 2.75) is 19.3 Å². The van der Waals surface area contributed by atoms with Crippen LogP contribution in [0.25, 0.3) is 0 Å². The van der Waals surface area contributed by atoms with Gasteiger partial charge in [0, 0.05) is 19.5 Å². The third kappa shape index (κ3) is 2.67. The van der Waals surface area contributed by atoms with Gasteiger partial charge >= 0.3 is 0 Å². The van der Waals surface area contributed by atoms with Crippen LogP contribution in [0, 0.1) is 5.92 Å². The lowest BCUT2D eigenvalue weighted by molar-refractivity contribution is -0.133. The molecule has 0 radical (unpaired) electrons. The van der Waals surface area contributed by atoms with Crippen LogP contribution >= 0.6 is 0 Å². The van der Waals surface area contributed by atoms with Gasteiger partial charge in [0.1, 0.15) is 0 Å². The summed E-state index contributed by atoms with van der Waals surface area (Å²) in [5.41, 5.74) is 8.12. The Balaban J connectivity index is 1.96. The van der Waals surface area contributed by atoms with Gasteiger partial charge in [-0.15, -0.1) is 0 Å². The SMILES string of the molecule is CN(CCCN)C(=O)C1Cc2ccccc2C1. The lowest BCUT2D eigenvalue weighted by atomic mass is 10.0. The predicted molar refractivity (Wildman–Crippen MR) is 68.6 cm³/mol. The van der Waals surface area contributed by atoms with E-state index < -0.39 is 0 Å². The number of hydrogen-bond donors (Lipinski definition) is 1. The van der Waals surface area contributed by atoms with E-state index in [0.717, 1.165) is 25.8 Å². The second-order valence-corrected chi connectivity index (χ2v) is 4.78. The number of carbonyl (C=O) groups is 1. The fourth-order valence-corrected chi connectivity index (χ4v) is 2.48. The molecule has 0 aromatic heterocycles. The molecule has 2 N–H and O–H groups in total. The molecule has 0 unspecified atom stereocenters. The van der Waals surface area contributed by atoms with Crippen LogP contribution in [0.5, 0.6) is 0 Å². The molecule has 1 aromatic rings. The number of nitrogens with zero attached hydrogens (tertiary/aromatic N) is 1. The molecule has 1 amide bonds. The van der Waals surface area contributed by atoms with Crippen molar-refractivity contribution in [3.8, 4) is 0 Å². The molecule has 0 bridgehead atoms. The van der Waals surface area contributed by atoms with E-state index in [1.54, 1.807) is 0 Å². The van der Waals surface area contributed by atoms with E-state index in [9.17, 15) is 4.79 Å². The number of carbonyl (C=O) groups excluding carboxylic acids is 1. The van der Waals surface area contributed by atoms with Crippen LogP contribution < -0.4 is 5.73 Å². The van der Waals surface area contributed by atoms with E-state index in [4.69, 9.17) is 5.73 Å². The number of fused-ring (bicyclic) bond motifs is 1. The first-order chi connectivity index (χ1) is 8.22. The summed E-state index contributed by atoms with van der Waals surface area (Å²) in [5, 5.41) is 0. The lowest BCUT2D eigenvalue weighted by Gasteiger charge is -2.20. The van der Waals surface area contributed by atoms with E-state index in [1.165, 1.54) is 11.1 Å². The van der Waals surface area contributed by atoms with Crippen LogP contribution in [-0.4, -0.2) is 30.9 Å². The van der Waals surface area contributed by atoms with Crippen molar-refractivity contribution in [3.63, 3.8) is 0 Å². The summed E-state index contributed by atoms with van der Waals surface area (Å²) >= 11 is 0. The molecule has 0 aliphatic heterocycles. The minimum atomic E-state index is 0.134. The fourth-order valence-electron chi connectivity index (χ4n) is 2.48. The quantitative estimate of drug-likeness (QED) is 0.848. The maximum Gasteiger partial charge on any atom is 0.226 e. The Morgan fingerprint density at radius 3 is 2.47 bits per heavy atom. The van der Waals surface area contributed by atoms with E-state index in [-0.39, 0.29) is 11.8 Å². The van der Waals surface area contributed by atoms with Crippen LogP contribution in [0.2, 0.25) is 0 Å². The summed E-state index contributed by atoms with van der Waals surface area (Å²) < 4.78 is 0. The summed E-state index contributed by atoms with van der Waals surface area (Å²) in [4.78, 5) is 14.0. The Kier molecular flexibility index (Phi) is 3.79. The summed E-state index contributed by atoms with van der Waals surface area (Å²) in [6.45, 7) is 1.41. The third-order valence-corrected chi connectivity index (χ3v) is 3.47. The second kappa shape index (κ2) is 5.32. The highest BCUT2D eigenvalue weighted by atomic mass is 16.2. The normalized spacial score (nSPS) is 14.7. The average Bonchev–Trinajstić information content (AvgIpc) is 2.78. The molecule has 3 nitrogen and oxygen atoms in total. The number of nitrogens with two attached hydrogens (primary N) is 1. The van der Waals surface area contributed by atoms with Crippen LogP contribution in [0.15, 0.2) is 24.3 Å². The van der Waals surface area contributed by atoms with Gasteiger partial charge in [0.25, 0.3) is 0 Å². The Morgan fingerprint density at radius 1 is 1.35 bits per heavy atom. The molecule has 0 atom stereocenters. The zero-order valence-corrected chi connectivity index (χ0v) is 10.4. The summed E-state index contributed by atoms with van der Waals surface area (Å²) in [7, 11) is 1.88.